The van der Waals surface area contributed by atoms with Crippen LogP contribution in [0.25, 0.3) is 0 Å². The van der Waals surface area contributed by atoms with Gasteiger partial charge < -0.3 is 5.21 Å². The second-order valence-corrected chi connectivity index (χ2v) is 3.58. The van der Waals surface area contributed by atoms with Crippen LogP contribution in [-0.4, -0.2) is 47.7 Å². The summed E-state index contributed by atoms with van der Waals surface area (Å²) in [6.07, 6.45) is 0. The molecule has 0 aromatic heterocycles. The Labute approximate surface area is 103 Å². The van der Waals surface area contributed by atoms with Gasteiger partial charge in [0.1, 0.15) is 0 Å². The molecule has 72 valence electrons. The van der Waals surface area contributed by atoms with E-state index in [0.717, 1.165) is 12.1 Å². The monoisotopic (exact) mass is 226 g/mol. The first kappa shape index (κ1) is 13.5. The first-order chi connectivity index (χ1) is 6.04. The number of hydrogen-bond acceptors (Lipinski definition) is 4. The van der Waals surface area contributed by atoms with Crippen molar-refractivity contribution in [1.82, 2.24) is 0 Å². The Morgan fingerprint density at radius 1 is 1.14 bits per heavy atom. The summed E-state index contributed by atoms with van der Waals surface area (Å²) in [6, 6.07) is 4.89. The standard InChI is InChI=1S/C6H6N2O4S.Na.H/c9-8-7-5-1-3-6(4-2-5)13(10,11)12;;/h1-4H,(H,7,9)(H,10,11,12);;. The molecular weight excluding hydrogens is 219 g/mol. The normalized spacial score (nSPS) is 11.2. The molecule has 1 aromatic rings. The Morgan fingerprint density at radius 3 is 2.00 bits per heavy atom. The molecule has 0 amide bonds. The number of nitrogens with zero attached hydrogens (tertiary/aromatic N) is 2. The topological polar surface area (TPSA) is 99.3 Å². The first-order valence-corrected chi connectivity index (χ1v) is 4.61. The average Bonchev–Trinajstić information content (AvgIpc) is 2.04. The van der Waals surface area contributed by atoms with Crippen molar-refractivity contribution < 1.29 is 18.2 Å². The van der Waals surface area contributed by atoms with Gasteiger partial charge in [-0.15, -0.1) is 5.11 Å². The SMILES string of the molecule is O=S(=O)(O)c1ccc(N=NO)cc1.[NaH]. The molecule has 0 radical (unpaired) electrons. The molecule has 0 unspecified atom stereocenters. The molecule has 0 fully saturated rings. The van der Waals surface area contributed by atoms with E-state index < -0.39 is 10.1 Å². The van der Waals surface area contributed by atoms with E-state index in [1.165, 1.54) is 12.1 Å². The van der Waals surface area contributed by atoms with Gasteiger partial charge in [-0.3, -0.25) is 4.55 Å². The van der Waals surface area contributed by atoms with Crippen molar-refractivity contribution in [2.75, 3.05) is 0 Å². The number of rotatable bonds is 2. The molecule has 0 aliphatic carbocycles. The molecule has 0 saturated heterocycles. The van der Waals surface area contributed by atoms with Gasteiger partial charge in [-0.2, -0.15) is 8.42 Å². The van der Waals surface area contributed by atoms with Gasteiger partial charge in [-0.25, -0.2) is 0 Å². The summed E-state index contributed by atoms with van der Waals surface area (Å²) in [4.78, 5) is -0.232. The van der Waals surface area contributed by atoms with Gasteiger partial charge in [0.05, 0.1) is 10.6 Å². The fraction of sp³-hybridized carbons (Fsp3) is 0. The molecular formula is C6H7N2NaO4S. The van der Waals surface area contributed by atoms with Crippen molar-refractivity contribution in [1.29, 1.82) is 0 Å². The minimum absolute atomic E-state index is 0. The van der Waals surface area contributed by atoms with Crippen LogP contribution in [0.1, 0.15) is 0 Å². The van der Waals surface area contributed by atoms with Crippen LogP contribution in [0, 0.1) is 0 Å². The molecule has 1 rings (SSSR count). The fourth-order valence-corrected chi connectivity index (χ4v) is 1.22. The van der Waals surface area contributed by atoms with Crippen LogP contribution in [0.2, 0.25) is 0 Å². The van der Waals surface area contributed by atoms with E-state index in [2.05, 4.69) is 10.4 Å². The summed E-state index contributed by atoms with van der Waals surface area (Å²) in [7, 11) is -4.17. The molecule has 6 nitrogen and oxygen atoms in total. The average molecular weight is 226 g/mol. The third kappa shape index (κ3) is 3.72. The second-order valence-electron chi connectivity index (χ2n) is 2.16. The predicted octanol–water partition coefficient (Wildman–Crippen LogP) is 0.758. The summed E-state index contributed by atoms with van der Waals surface area (Å²) in [5.74, 6) is 0. The molecule has 0 heterocycles. The zero-order chi connectivity index (χ0) is 9.90. The predicted molar refractivity (Wildman–Crippen MR) is 49.7 cm³/mol. The van der Waals surface area contributed by atoms with Crippen LogP contribution in [0.5, 0.6) is 0 Å². The maximum absolute atomic E-state index is 10.6. The van der Waals surface area contributed by atoms with E-state index >= 15 is 0 Å². The van der Waals surface area contributed by atoms with Crippen molar-refractivity contribution in [2.24, 2.45) is 10.4 Å². The Kier molecular flexibility index (Phi) is 5.24. The van der Waals surface area contributed by atoms with E-state index in [1.54, 1.807) is 0 Å². The summed E-state index contributed by atoms with van der Waals surface area (Å²) in [5, 5.41) is 13.8. The molecule has 8 heteroatoms. The van der Waals surface area contributed by atoms with Crippen LogP contribution < -0.4 is 0 Å². The van der Waals surface area contributed by atoms with Gasteiger partial charge in [0.15, 0.2) is 0 Å². The van der Waals surface area contributed by atoms with Gasteiger partial charge in [0.2, 0.25) is 0 Å². The van der Waals surface area contributed by atoms with Crippen molar-refractivity contribution in [3.63, 3.8) is 0 Å². The zero-order valence-electron chi connectivity index (χ0n) is 6.32. The molecule has 0 atom stereocenters. The van der Waals surface area contributed by atoms with Gasteiger partial charge in [0, 0.05) is 5.28 Å². The molecule has 2 N–H and O–H groups in total. The van der Waals surface area contributed by atoms with E-state index in [4.69, 9.17) is 9.76 Å². The Morgan fingerprint density at radius 2 is 1.64 bits per heavy atom. The van der Waals surface area contributed by atoms with Crippen LogP contribution in [-0.2, 0) is 10.1 Å². The van der Waals surface area contributed by atoms with Crippen molar-refractivity contribution in [2.45, 2.75) is 4.90 Å². The van der Waals surface area contributed by atoms with Crippen molar-refractivity contribution >= 4 is 45.4 Å². The van der Waals surface area contributed by atoms with Crippen molar-refractivity contribution in [3.8, 4) is 0 Å². The summed E-state index contributed by atoms with van der Waals surface area (Å²) in [5.41, 5.74) is 0.287. The third-order valence-electron chi connectivity index (χ3n) is 1.29. The third-order valence-corrected chi connectivity index (χ3v) is 2.16. The minimum atomic E-state index is -4.17. The Bertz CT molecular complexity index is 414. The maximum atomic E-state index is 10.6. The summed E-state index contributed by atoms with van der Waals surface area (Å²) in [6.45, 7) is 0. The Hall–Kier alpha value is -0.470. The molecule has 0 aliphatic heterocycles. The fourth-order valence-electron chi connectivity index (χ4n) is 0.736. The second kappa shape index (κ2) is 5.42. The van der Waals surface area contributed by atoms with Crippen LogP contribution in [0.4, 0.5) is 5.69 Å². The van der Waals surface area contributed by atoms with Crippen molar-refractivity contribution in [3.05, 3.63) is 24.3 Å². The molecule has 0 bridgehead atoms. The number of benzene rings is 1. The summed E-state index contributed by atoms with van der Waals surface area (Å²) < 4.78 is 29.7. The van der Waals surface area contributed by atoms with Gasteiger partial charge in [-0.05, 0) is 24.3 Å². The van der Waals surface area contributed by atoms with Gasteiger partial charge >= 0.3 is 29.6 Å². The van der Waals surface area contributed by atoms with Crippen LogP contribution in [0.15, 0.2) is 39.6 Å². The van der Waals surface area contributed by atoms with E-state index in [9.17, 15) is 8.42 Å². The molecule has 0 aliphatic rings. The first-order valence-electron chi connectivity index (χ1n) is 3.17. The summed E-state index contributed by atoms with van der Waals surface area (Å²) >= 11 is 0. The molecule has 0 saturated carbocycles. The van der Waals surface area contributed by atoms with E-state index in [1.807, 2.05) is 0 Å². The van der Waals surface area contributed by atoms with Crippen LogP contribution in [0.3, 0.4) is 0 Å². The van der Waals surface area contributed by atoms with E-state index in [0.29, 0.717) is 0 Å². The van der Waals surface area contributed by atoms with Gasteiger partial charge in [0.25, 0.3) is 10.1 Å². The quantitative estimate of drug-likeness (QED) is 0.336. The Balaban J connectivity index is 0.00000169. The molecule has 1 aromatic carbocycles. The van der Waals surface area contributed by atoms with E-state index in [-0.39, 0.29) is 40.1 Å². The molecule has 14 heavy (non-hydrogen) atoms. The van der Waals surface area contributed by atoms with Crippen LogP contribution >= 0.6 is 0 Å². The molecule has 0 spiro atoms. The zero-order valence-corrected chi connectivity index (χ0v) is 7.14. The number of hydrogen-bond donors (Lipinski definition) is 2. The van der Waals surface area contributed by atoms with Gasteiger partial charge in [-0.1, -0.05) is 0 Å².